The summed E-state index contributed by atoms with van der Waals surface area (Å²) in [6.45, 7) is 10.9. The van der Waals surface area contributed by atoms with Gasteiger partial charge in [0.15, 0.2) is 6.73 Å². The summed E-state index contributed by atoms with van der Waals surface area (Å²) in [4.78, 5) is 29.1. The Bertz CT molecular complexity index is 1230. The Labute approximate surface area is 234 Å². The van der Waals surface area contributed by atoms with E-state index in [0.29, 0.717) is 35.1 Å². The average Bonchev–Trinajstić information content (AvgIpc) is 2.91. The van der Waals surface area contributed by atoms with E-state index >= 15 is 0 Å². The lowest BCUT2D eigenvalue weighted by molar-refractivity contribution is -0.149. The summed E-state index contributed by atoms with van der Waals surface area (Å²) in [5.74, 6) is 0.0718. The molecule has 0 aromatic heterocycles. The maximum atomic E-state index is 13.7. The minimum atomic E-state index is -4.46. The summed E-state index contributed by atoms with van der Waals surface area (Å²) >= 11 is 0. The first-order valence-corrected chi connectivity index (χ1v) is 14.0. The molecule has 0 bridgehead atoms. The van der Waals surface area contributed by atoms with E-state index < -0.39 is 23.1 Å². The number of carbonyl (C=O) groups excluding carboxylic acids is 1. The highest BCUT2D eigenvalue weighted by Gasteiger charge is 2.41. The number of alkyl halides is 3. The summed E-state index contributed by atoms with van der Waals surface area (Å²) in [7, 11) is 0. The SMILES string of the molecule is CC(C)C(C)(CCCN1CCC(c2cccc(C(=O)O)c2)[C@H](C)C1)C(=O)N1COc2ccc(C(F)(F)F)cc2C1. The zero-order chi connectivity index (χ0) is 29.2. The molecule has 9 heteroatoms. The molecule has 2 heterocycles. The second-order valence-corrected chi connectivity index (χ2v) is 11.9. The minimum absolute atomic E-state index is 0.0214. The number of benzene rings is 2. The topological polar surface area (TPSA) is 70.1 Å². The molecule has 2 aliphatic heterocycles. The Morgan fingerprint density at radius 3 is 2.55 bits per heavy atom. The van der Waals surface area contributed by atoms with Gasteiger partial charge in [-0.05, 0) is 86.0 Å². The fourth-order valence-electron chi connectivity index (χ4n) is 6.06. The second-order valence-electron chi connectivity index (χ2n) is 11.9. The molecule has 4 rings (SSSR count). The third-order valence-corrected chi connectivity index (χ3v) is 8.90. The summed E-state index contributed by atoms with van der Waals surface area (Å²) in [5.41, 5.74) is 0.324. The van der Waals surface area contributed by atoms with E-state index in [0.717, 1.165) is 50.2 Å². The first kappa shape index (κ1) is 29.9. The van der Waals surface area contributed by atoms with Gasteiger partial charge in [-0.1, -0.05) is 39.8 Å². The number of hydrogen-bond donors (Lipinski definition) is 1. The Kier molecular flexibility index (Phi) is 8.83. The average molecular weight is 561 g/mol. The number of ether oxygens (including phenoxy) is 1. The molecule has 1 saturated heterocycles. The number of rotatable bonds is 8. The number of aromatic carboxylic acids is 1. The Morgan fingerprint density at radius 2 is 1.90 bits per heavy atom. The molecular formula is C31H39F3N2O4. The van der Waals surface area contributed by atoms with Crippen LogP contribution in [-0.2, 0) is 17.5 Å². The van der Waals surface area contributed by atoms with Gasteiger partial charge in [0.1, 0.15) is 5.75 Å². The number of amides is 1. The number of likely N-dealkylation sites (tertiary alicyclic amines) is 1. The predicted octanol–water partition coefficient (Wildman–Crippen LogP) is 6.65. The molecule has 6 nitrogen and oxygen atoms in total. The van der Waals surface area contributed by atoms with Crippen LogP contribution in [0.15, 0.2) is 42.5 Å². The molecule has 1 N–H and O–H groups in total. The van der Waals surface area contributed by atoms with Crippen molar-refractivity contribution in [3.8, 4) is 5.75 Å². The highest BCUT2D eigenvalue weighted by molar-refractivity contribution is 5.87. The highest BCUT2D eigenvalue weighted by atomic mass is 19.4. The number of piperidine rings is 1. The summed E-state index contributed by atoms with van der Waals surface area (Å²) in [6.07, 6.45) is -2.04. The van der Waals surface area contributed by atoms with Crippen LogP contribution in [-0.4, -0.2) is 53.1 Å². The lowest BCUT2D eigenvalue weighted by atomic mass is 9.74. The quantitative estimate of drug-likeness (QED) is 0.392. The van der Waals surface area contributed by atoms with Gasteiger partial charge in [-0.15, -0.1) is 0 Å². The van der Waals surface area contributed by atoms with Crippen molar-refractivity contribution >= 4 is 11.9 Å². The van der Waals surface area contributed by atoms with Gasteiger partial charge in [-0.2, -0.15) is 13.2 Å². The van der Waals surface area contributed by atoms with E-state index in [1.54, 1.807) is 12.1 Å². The summed E-state index contributed by atoms with van der Waals surface area (Å²) in [5, 5.41) is 9.34. The standard InChI is InChI=1S/C31H39F3N2O4/c1-20(2)30(4,29(39)36-18-24-16-25(31(32,33)34)9-10-27(24)40-19-36)12-6-13-35-14-11-26(21(3)17-35)22-7-5-8-23(15-22)28(37)38/h5,7-10,15-16,20-21,26H,6,11-14,17-19H2,1-4H3,(H,37,38)/t21-,26?,30?/m1/s1. The number of halogens is 3. The molecule has 2 aliphatic rings. The van der Waals surface area contributed by atoms with Gasteiger partial charge in [-0.25, -0.2) is 4.79 Å². The molecule has 0 spiro atoms. The van der Waals surface area contributed by atoms with Crippen molar-refractivity contribution in [2.45, 2.75) is 65.6 Å². The lowest BCUT2D eigenvalue weighted by Crippen LogP contribution is -2.48. The van der Waals surface area contributed by atoms with Crippen LogP contribution in [0, 0.1) is 17.3 Å². The molecular weight excluding hydrogens is 521 g/mol. The smallest absolute Gasteiger partial charge is 0.416 e. The van der Waals surface area contributed by atoms with Crippen LogP contribution in [0.1, 0.15) is 79.9 Å². The van der Waals surface area contributed by atoms with Crippen molar-refractivity contribution in [2.75, 3.05) is 26.4 Å². The monoisotopic (exact) mass is 560 g/mol. The molecule has 0 saturated carbocycles. The van der Waals surface area contributed by atoms with Crippen LogP contribution >= 0.6 is 0 Å². The van der Waals surface area contributed by atoms with Crippen LogP contribution in [0.2, 0.25) is 0 Å². The number of fused-ring (bicyclic) bond motifs is 1. The predicted molar refractivity (Wildman–Crippen MR) is 146 cm³/mol. The molecule has 218 valence electrons. The van der Waals surface area contributed by atoms with Crippen LogP contribution in [0.4, 0.5) is 13.2 Å². The number of nitrogens with zero attached hydrogens (tertiary/aromatic N) is 2. The Balaban J connectivity index is 1.35. The van der Waals surface area contributed by atoms with Gasteiger partial charge in [-0.3, -0.25) is 4.79 Å². The normalized spacial score (nSPS) is 21.4. The summed E-state index contributed by atoms with van der Waals surface area (Å²) in [6, 6.07) is 10.6. The maximum Gasteiger partial charge on any atom is 0.416 e. The van der Waals surface area contributed by atoms with E-state index in [9.17, 15) is 27.9 Å². The molecule has 1 fully saturated rings. The van der Waals surface area contributed by atoms with E-state index in [2.05, 4.69) is 11.8 Å². The third kappa shape index (κ3) is 6.45. The van der Waals surface area contributed by atoms with Crippen molar-refractivity contribution in [3.05, 3.63) is 64.7 Å². The van der Waals surface area contributed by atoms with Gasteiger partial charge in [0, 0.05) is 17.5 Å². The number of hydrogen-bond acceptors (Lipinski definition) is 4. The summed E-state index contributed by atoms with van der Waals surface area (Å²) < 4.78 is 45.4. The van der Waals surface area contributed by atoms with Crippen LogP contribution in [0.5, 0.6) is 5.75 Å². The van der Waals surface area contributed by atoms with E-state index in [-0.39, 0.29) is 25.1 Å². The van der Waals surface area contributed by atoms with Crippen LogP contribution in [0.3, 0.4) is 0 Å². The van der Waals surface area contributed by atoms with Crippen molar-refractivity contribution in [1.82, 2.24) is 9.80 Å². The first-order chi connectivity index (χ1) is 18.8. The number of carboxylic acids is 1. The van der Waals surface area contributed by atoms with Crippen LogP contribution < -0.4 is 4.74 Å². The molecule has 0 aliphatic carbocycles. The number of carboxylic acid groups (broad SMARTS) is 1. The molecule has 40 heavy (non-hydrogen) atoms. The van der Waals surface area contributed by atoms with E-state index in [1.807, 2.05) is 32.9 Å². The van der Waals surface area contributed by atoms with Gasteiger partial charge in [0.05, 0.1) is 17.7 Å². The van der Waals surface area contributed by atoms with Gasteiger partial charge < -0.3 is 19.6 Å². The second kappa shape index (κ2) is 11.8. The first-order valence-electron chi connectivity index (χ1n) is 14.0. The lowest BCUT2D eigenvalue weighted by Gasteiger charge is -2.40. The Morgan fingerprint density at radius 1 is 1.15 bits per heavy atom. The van der Waals surface area contributed by atoms with Crippen molar-refractivity contribution in [2.24, 2.45) is 17.3 Å². The molecule has 1 amide bonds. The largest absolute Gasteiger partial charge is 0.478 e. The zero-order valence-corrected chi connectivity index (χ0v) is 23.6. The fourth-order valence-corrected chi connectivity index (χ4v) is 6.06. The van der Waals surface area contributed by atoms with Crippen molar-refractivity contribution in [3.63, 3.8) is 0 Å². The third-order valence-electron chi connectivity index (χ3n) is 8.90. The van der Waals surface area contributed by atoms with Gasteiger partial charge in [0.25, 0.3) is 0 Å². The fraction of sp³-hybridized carbons (Fsp3) is 0.548. The van der Waals surface area contributed by atoms with Crippen molar-refractivity contribution < 1.29 is 32.6 Å². The molecule has 2 unspecified atom stereocenters. The maximum absolute atomic E-state index is 13.7. The van der Waals surface area contributed by atoms with Crippen LogP contribution in [0.25, 0.3) is 0 Å². The molecule has 0 radical (unpaired) electrons. The van der Waals surface area contributed by atoms with Gasteiger partial charge in [0.2, 0.25) is 5.91 Å². The molecule has 2 aromatic carbocycles. The number of carbonyl (C=O) groups is 2. The zero-order valence-electron chi connectivity index (χ0n) is 23.6. The van der Waals surface area contributed by atoms with E-state index in [1.165, 1.54) is 11.0 Å². The molecule has 3 atom stereocenters. The minimum Gasteiger partial charge on any atom is -0.478 e. The highest BCUT2D eigenvalue weighted by Crippen LogP contribution is 2.39. The van der Waals surface area contributed by atoms with E-state index in [4.69, 9.17) is 4.74 Å². The Hall–Kier alpha value is -3.07. The van der Waals surface area contributed by atoms with Gasteiger partial charge >= 0.3 is 12.1 Å². The molecule has 2 aromatic rings. The van der Waals surface area contributed by atoms with Crippen molar-refractivity contribution in [1.29, 1.82) is 0 Å².